The van der Waals surface area contributed by atoms with Gasteiger partial charge in [-0.05, 0) is 37.6 Å². The summed E-state index contributed by atoms with van der Waals surface area (Å²) >= 11 is 0. The molecule has 0 amide bonds. The van der Waals surface area contributed by atoms with Crippen LogP contribution in [0.25, 0.3) is 16.7 Å². The summed E-state index contributed by atoms with van der Waals surface area (Å²) in [7, 11) is 0. The number of aryl methyl sites for hydroxylation is 2. The van der Waals surface area contributed by atoms with E-state index in [2.05, 4.69) is 21.1 Å². The Morgan fingerprint density at radius 2 is 1.92 bits per heavy atom. The number of benzene rings is 2. The van der Waals surface area contributed by atoms with Gasteiger partial charge in [-0.15, -0.1) is 0 Å². The molecule has 0 saturated heterocycles. The van der Waals surface area contributed by atoms with E-state index in [1.165, 1.54) is 24.0 Å². The fourth-order valence-corrected chi connectivity index (χ4v) is 2.77. The first-order valence-corrected chi connectivity index (χ1v) is 7.81. The Kier molecular flexibility index (Phi) is 3.65. The van der Waals surface area contributed by atoms with E-state index in [4.69, 9.17) is 4.74 Å². The lowest BCUT2D eigenvalue weighted by Crippen LogP contribution is -2.01. The molecule has 0 aliphatic heterocycles. The molecule has 2 aromatic carbocycles. The van der Waals surface area contributed by atoms with Crippen LogP contribution < -0.4 is 4.74 Å². The predicted molar refractivity (Wildman–Crippen MR) is 92.6 cm³/mol. The van der Waals surface area contributed by atoms with Crippen LogP contribution in [-0.2, 0) is 0 Å². The Balaban J connectivity index is 1.80. The first-order chi connectivity index (χ1) is 12.1. The van der Waals surface area contributed by atoms with Crippen LogP contribution in [0.15, 0.2) is 55.0 Å². The second-order valence-corrected chi connectivity index (χ2v) is 5.82. The van der Waals surface area contributed by atoms with E-state index in [0.29, 0.717) is 22.7 Å². The van der Waals surface area contributed by atoms with Gasteiger partial charge in [0, 0.05) is 6.07 Å². The number of ether oxygens (including phenoxy) is 1. The molecule has 6 heteroatoms. The average Bonchev–Trinajstić information content (AvgIpc) is 3.00. The number of halogens is 1. The molecule has 2 heterocycles. The largest absolute Gasteiger partial charge is 0.438 e. The number of aromatic nitrogens is 4. The van der Waals surface area contributed by atoms with E-state index in [1.54, 1.807) is 23.0 Å². The second-order valence-electron chi connectivity index (χ2n) is 5.82. The van der Waals surface area contributed by atoms with Crippen LogP contribution in [0.5, 0.6) is 11.6 Å². The Hall–Kier alpha value is -3.28. The van der Waals surface area contributed by atoms with Gasteiger partial charge in [-0.25, -0.2) is 19.0 Å². The average molecular weight is 334 g/mol. The fourth-order valence-electron chi connectivity index (χ4n) is 2.77. The van der Waals surface area contributed by atoms with Crippen molar-refractivity contribution in [2.24, 2.45) is 0 Å². The Morgan fingerprint density at radius 3 is 2.72 bits per heavy atom. The molecule has 5 nitrogen and oxygen atoms in total. The van der Waals surface area contributed by atoms with E-state index >= 15 is 0 Å². The second kappa shape index (κ2) is 5.98. The minimum Gasteiger partial charge on any atom is -0.438 e. The number of fused-ring (bicyclic) bond motifs is 1. The Labute approximate surface area is 143 Å². The first-order valence-electron chi connectivity index (χ1n) is 7.81. The monoisotopic (exact) mass is 334 g/mol. The standard InChI is InChI=1S/C19H15FN4O/c1-12-6-7-17(13(2)8-12)24-18-16(10-23-24)19(22-11-21-18)25-15-5-3-4-14(20)9-15/h3-11H,1-2H3. The molecule has 0 saturated carbocycles. The first kappa shape index (κ1) is 15.3. The van der Waals surface area contributed by atoms with Gasteiger partial charge in [-0.2, -0.15) is 5.10 Å². The highest BCUT2D eigenvalue weighted by Crippen LogP contribution is 2.28. The summed E-state index contributed by atoms with van der Waals surface area (Å²) in [6, 6.07) is 12.1. The molecule has 2 aromatic heterocycles. The molecule has 4 aromatic rings. The molecule has 0 atom stereocenters. The van der Waals surface area contributed by atoms with Gasteiger partial charge in [0.2, 0.25) is 5.88 Å². The number of hydrogen-bond donors (Lipinski definition) is 0. The highest BCUT2D eigenvalue weighted by molar-refractivity contribution is 5.81. The predicted octanol–water partition coefficient (Wildman–Crippen LogP) is 4.36. The van der Waals surface area contributed by atoms with Gasteiger partial charge in [0.05, 0.1) is 11.9 Å². The van der Waals surface area contributed by atoms with Gasteiger partial charge < -0.3 is 4.74 Å². The quantitative estimate of drug-likeness (QED) is 0.558. The zero-order valence-electron chi connectivity index (χ0n) is 13.8. The molecule has 0 radical (unpaired) electrons. The lowest BCUT2D eigenvalue weighted by Gasteiger charge is -2.08. The summed E-state index contributed by atoms with van der Waals surface area (Å²) in [6.07, 6.45) is 3.07. The van der Waals surface area contributed by atoms with Gasteiger partial charge in [0.15, 0.2) is 5.65 Å². The van der Waals surface area contributed by atoms with E-state index < -0.39 is 0 Å². The zero-order valence-corrected chi connectivity index (χ0v) is 13.8. The summed E-state index contributed by atoms with van der Waals surface area (Å²) in [5.74, 6) is 0.347. The van der Waals surface area contributed by atoms with Crippen molar-refractivity contribution < 1.29 is 9.13 Å². The van der Waals surface area contributed by atoms with Crippen molar-refractivity contribution in [3.63, 3.8) is 0 Å². The van der Waals surface area contributed by atoms with Crippen LogP contribution in [0.3, 0.4) is 0 Å². The topological polar surface area (TPSA) is 52.8 Å². The summed E-state index contributed by atoms with van der Waals surface area (Å²) < 4.78 is 20.8. The van der Waals surface area contributed by atoms with E-state index in [9.17, 15) is 4.39 Å². The smallest absolute Gasteiger partial charge is 0.233 e. The number of nitrogens with zero attached hydrogens (tertiary/aromatic N) is 4. The molecule has 0 N–H and O–H groups in total. The Morgan fingerprint density at radius 1 is 1.04 bits per heavy atom. The summed E-state index contributed by atoms with van der Waals surface area (Å²) in [6.45, 7) is 4.08. The summed E-state index contributed by atoms with van der Waals surface area (Å²) in [4.78, 5) is 8.50. The van der Waals surface area contributed by atoms with Gasteiger partial charge in [-0.1, -0.05) is 23.8 Å². The zero-order chi connectivity index (χ0) is 17.4. The third-order valence-electron chi connectivity index (χ3n) is 3.92. The van der Waals surface area contributed by atoms with Gasteiger partial charge in [0.1, 0.15) is 23.3 Å². The third-order valence-corrected chi connectivity index (χ3v) is 3.92. The Bertz CT molecular complexity index is 1070. The minimum absolute atomic E-state index is 0.339. The third kappa shape index (κ3) is 2.82. The molecular weight excluding hydrogens is 319 g/mol. The minimum atomic E-state index is -0.367. The van der Waals surface area contributed by atoms with Crippen LogP contribution >= 0.6 is 0 Å². The number of hydrogen-bond acceptors (Lipinski definition) is 4. The normalized spacial score (nSPS) is 11.0. The SMILES string of the molecule is Cc1ccc(-n2ncc3c(Oc4cccc(F)c4)ncnc32)c(C)c1. The van der Waals surface area contributed by atoms with Gasteiger partial charge in [0.25, 0.3) is 0 Å². The maximum absolute atomic E-state index is 13.4. The molecule has 0 fully saturated rings. The van der Waals surface area contributed by atoms with Crippen molar-refractivity contribution in [2.75, 3.05) is 0 Å². The molecule has 4 rings (SSSR count). The van der Waals surface area contributed by atoms with Crippen molar-refractivity contribution in [3.05, 3.63) is 71.9 Å². The van der Waals surface area contributed by atoms with Crippen molar-refractivity contribution in [1.29, 1.82) is 0 Å². The van der Waals surface area contributed by atoms with Crippen LogP contribution in [0.2, 0.25) is 0 Å². The molecule has 0 unspecified atom stereocenters. The fraction of sp³-hybridized carbons (Fsp3) is 0.105. The lowest BCUT2D eigenvalue weighted by atomic mass is 10.1. The van der Waals surface area contributed by atoms with Crippen LogP contribution in [-0.4, -0.2) is 19.7 Å². The van der Waals surface area contributed by atoms with E-state index in [1.807, 2.05) is 26.0 Å². The maximum atomic E-state index is 13.4. The lowest BCUT2D eigenvalue weighted by molar-refractivity contribution is 0.463. The maximum Gasteiger partial charge on any atom is 0.233 e. The summed E-state index contributed by atoms with van der Waals surface area (Å²) in [5.41, 5.74) is 3.85. The molecule has 0 aliphatic rings. The van der Waals surface area contributed by atoms with E-state index in [0.717, 1.165) is 11.3 Å². The highest BCUT2D eigenvalue weighted by atomic mass is 19.1. The van der Waals surface area contributed by atoms with Gasteiger partial charge >= 0.3 is 0 Å². The van der Waals surface area contributed by atoms with Crippen LogP contribution in [0.4, 0.5) is 4.39 Å². The molecule has 0 bridgehead atoms. The number of rotatable bonds is 3. The van der Waals surface area contributed by atoms with Gasteiger partial charge in [-0.3, -0.25) is 0 Å². The molecule has 0 spiro atoms. The molecule has 124 valence electrons. The molecule has 0 aliphatic carbocycles. The van der Waals surface area contributed by atoms with Crippen LogP contribution in [0, 0.1) is 19.7 Å². The van der Waals surface area contributed by atoms with Crippen molar-refractivity contribution in [2.45, 2.75) is 13.8 Å². The highest BCUT2D eigenvalue weighted by Gasteiger charge is 2.14. The molecule has 25 heavy (non-hydrogen) atoms. The van der Waals surface area contributed by atoms with E-state index in [-0.39, 0.29) is 5.82 Å². The van der Waals surface area contributed by atoms with Crippen molar-refractivity contribution in [1.82, 2.24) is 19.7 Å². The summed E-state index contributed by atoms with van der Waals surface area (Å²) in [5, 5.41) is 5.10. The van der Waals surface area contributed by atoms with Crippen LogP contribution in [0.1, 0.15) is 11.1 Å². The molecular formula is C19H15FN4O. The van der Waals surface area contributed by atoms with Crippen molar-refractivity contribution in [3.8, 4) is 17.3 Å². The van der Waals surface area contributed by atoms with Crippen molar-refractivity contribution >= 4 is 11.0 Å².